The summed E-state index contributed by atoms with van der Waals surface area (Å²) in [4.78, 5) is 4.95. The maximum absolute atomic E-state index is 11.1. The van der Waals surface area contributed by atoms with Gasteiger partial charge in [0, 0.05) is 70.2 Å². The van der Waals surface area contributed by atoms with Crippen molar-refractivity contribution in [3.63, 3.8) is 0 Å². The van der Waals surface area contributed by atoms with E-state index in [1.54, 1.807) is 0 Å². The van der Waals surface area contributed by atoms with Gasteiger partial charge in [-0.25, -0.2) is 0 Å². The summed E-state index contributed by atoms with van der Waals surface area (Å²) in [5.41, 5.74) is 20.5. The molecule has 0 fully saturated rings. The second kappa shape index (κ2) is 13.6. The molecule has 12 aromatic rings. The Kier molecular flexibility index (Phi) is 7.75. The standard InChI is InChI=1S/C63H46BN5S/c1-62(2,3)37-21-27-50-45(31-37)46-32-38(63(4,5)6)22-28-51(46)66(50)39-24-26-47-54(33-39)67(40-23-25-43-42-14-8-10-20-57(42)70-58(43)34-40)55-29-36(35-65)30-56-59(55)64(47)48-16-12-19-53-61(48)69(56)52-18-11-15-44-41-13-7-9-17-49(41)68(53)60(44)52/h7-34H,1-6H3. The predicted molar refractivity (Wildman–Crippen MR) is 298 cm³/mol. The van der Waals surface area contributed by atoms with Gasteiger partial charge in [-0.1, -0.05) is 126 Å². The summed E-state index contributed by atoms with van der Waals surface area (Å²) >= 11 is 1.84. The molecule has 0 bridgehead atoms. The Bertz CT molecular complexity index is 4300. The molecule has 0 spiro atoms. The molecule has 0 atom stereocenters. The quantitative estimate of drug-likeness (QED) is 0.162. The molecule has 332 valence electrons. The average molecular weight is 916 g/mol. The van der Waals surface area contributed by atoms with Crippen LogP contribution in [0.1, 0.15) is 58.2 Å². The van der Waals surface area contributed by atoms with E-state index in [0.29, 0.717) is 5.56 Å². The van der Waals surface area contributed by atoms with Gasteiger partial charge in [-0.15, -0.1) is 11.3 Å². The van der Waals surface area contributed by atoms with E-state index in [1.165, 1.54) is 97.0 Å². The normalized spacial score (nSPS) is 13.8. The number of nitrogens with zero attached hydrogens (tertiary/aromatic N) is 5. The van der Waals surface area contributed by atoms with Gasteiger partial charge in [-0.3, -0.25) is 0 Å². The first-order valence-corrected chi connectivity index (χ1v) is 25.2. The number of benzene rings is 9. The van der Waals surface area contributed by atoms with Crippen molar-refractivity contribution in [2.75, 3.05) is 9.80 Å². The van der Waals surface area contributed by atoms with Crippen LogP contribution >= 0.6 is 11.3 Å². The summed E-state index contributed by atoms with van der Waals surface area (Å²) < 4.78 is 7.48. The highest BCUT2D eigenvalue weighted by Crippen LogP contribution is 2.53. The van der Waals surface area contributed by atoms with Crippen LogP contribution in [0.3, 0.4) is 0 Å². The molecule has 0 N–H and O–H groups in total. The van der Waals surface area contributed by atoms with Crippen molar-refractivity contribution in [3.05, 3.63) is 187 Å². The third-order valence-corrected chi connectivity index (χ3v) is 16.8. The van der Waals surface area contributed by atoms with Crippen LogP contribution in [0.2, 0.25) is 0 Å². The lowest BCUT2D eigenvalue weighted by atomic mass is 9.33. The van der Waals surface area contributed by atoms with Gasteiger partial charge < -0.3 is 18.9 Å². The largest absolute Gasteiger partial charge is 0.311 e. The van der Waals surface area contributed by atoms with E-state index in [1.807, 2.05) is 11.3 Å². The molecule has 0 saturated carbocycles. The van der Waals surface area contributed by atoms with Crippen molar-refractivity contribution in [2.45, 2.75) is 52.4 Å². The lowest BCUT2D eigenvalue weighted by molar-refractivity contribution is 0.590. The summed E-state index contributed by atoms with van der Waals surface area (Å²) in [6.07, 6.45) is 0. The zero-order valence-corrected chi connectivity index (χ0v) is 40.7. The fourth-order valence-electron chi connectivity index (χ4n) is 12.4. The van der Waals surface area contributed by atoms with Crippen LogP contribution in [-0.4, -0.2) is 15.8 Å². The summed E-state index contributed by atoms with van der Waals surface area (Å²) in [6.45, 7) is 13.7. The molecule has 3 aliphatic rings. The minimum Gasteiger partial charge on any atom is -0.311 e. The monoisotopic (exact) mass is 915 g/mol. The number of rotatable bonds is 2. The highest BCUT2D eigenvalue weighted by atomic mass is 32.1. The molecule has 3 aromatic heterocycles. The summed E-state index contributed by atoms with van der Waals surface area (Å²) in [5, 5.41) is 18.6. The minimum atomic E-state index is -0.110. The second-order valence-electron chi connectivity index (χ2n) is 21.7. The first-order valence-electron chi connectivity index (χ1n) is 24.4. The van der Waals surface area contributed by atoms with Crippen LogP contribution in [-0.2, 0) is 10.8 Å². The Morgan fingerprint density at radius 1 is 0.443 bits per heavy atom. The van der Waals surface area contributed by atoms with E-state index in [4.69, 9.17) is 0 Å². The first-order chi connectivity index (χ1) is 33.9. The van der Waals surface area contributed by atoms with E-state index >= 15 is 0 Å². The van der Waals surface area contributed by atoms with Crippen molar-refractivity contribution in [2.24, 2.45) is 0 Å². The van der Waals surface area contributed by atoms with E-state index in [0.717, 1.165) is 39.8 Å². The topological polar surface area (TPSA) is 40.1 Å². The van der Waals surface area contributed by atoms with Crippen LogP contribution in [0.5, 0.6) is 0 Å². The van der Waals surface area contributed by atoms with Gasteiger partial charge in [-0.2, -0.15) is 5.26 Å². The van der Waals surface area contributed by atoms with E-state index in [-0.39, 0.29) is 17.5 Å². The molecule has 15 rings (SSSR count). The van der Waals surface area contributed by atoms with Crippen molar-refractivity contribution < 1.29 is 0 Å². The summed E-state index contributed by atoms with van der Waals surface area (Å²) in [7, 11) is 0. The van der Waals surface area contributed by atoms with Crippen molar-refractivity contribution >= 4 is 132 Å². The number of anilines is 6. The van der Waals surface area contributed by atoms with Gasteiger partial charge in [0.25, 0.3) is 6.71 Å². The van der Waals surface area contributed by atoms with E-state index in [9.17, 15) is 5.26 Å². The van der Waals surface area contributed by atoms with Crippen LogP contribution in [0, 0.1) is 11.3 Å². The Morgan fingerprint density at radius 3 is 1.81 bits per heavy atom. The highest BCUT2D eigenvalue weighted by molar-refractivity contribution is 7.25. The number of fused-ring (bicyclic) bond motifs is 15. The second-order valence-corrected chi connectivity index (χ2v) is 22.8. The molecule has 0 saturated heterocycles. The van der Waals surface area contributed by atoms with Crippen molar-refractivity contribution in [3.8, 4) is 17.4 Å². The van der Waals surface area contributed by atoms with Crippen LogP contribution in [0.4, 0.5) is 34.1 Å². The summed E-state index contributed by atoms with van der Waals surface area (Å²) in [6, 6.07) is 66.4. The lowest BCUT2D eigenvalue weighted by Crippen LogP contribution is -2.61. The Labute approximate surface area is 410 Å². The number of para-hydroxylation sites is 3. The SMILES string of the molecule is CC(C)(C)c1ccc2c(c1)c1cc(C(C)(C)C)ccc1n2-c1ccc2c(c1)N(c1ccc3c(c1)sc1ccccc13)c1cc(C#N)cc3c1B2c1cccc2c1N3c1cccc3c4ccccc4n-2c13. The third kappa shape index (κ3) is 5.21. The van der Waals surface area contributed by atoms with E-state index < -0.39 is 0 Å². The maximum Gasteiger partial charge on any atom is 0.252 e. The molecule has 3 aliphatic heterocycles. The lowest BCUT2D eigenvalue weighted by Gasteiger charge is -2.46. The molecule has 7 heteroatoms. The zero-order chi connectivity index (χ0) is 47.1. The molecule has 0 aliphatic carbocycles. The number of thiophene rings is 1. The molecular formula is C63H46BN5S. The van der Waals surface area contributed by atoms with Gasteiger partial charge in [0.05, 0.1) is 50.8 Å². The Balaban J connectivity index is 1.05. The highest BCUT2D eigenvalue weighted by Gasteiger charge is 2.46. The Morgan fingerprint density at radius 2 is 1.07 bits per heavy atom. The van der Waals surface area contributed by atoms with Gasteiger partial charge in [0.2, 0.25) is 0 Å². The van der Waals surface area contributed by atoms with E-state index in [2.05, 4.69) is 236 Å². The number of hydrogen-bond acceptors (Lipinski definition) is 4. The first kappa shape index (κ1) is 39.9. The summed E-state index contributed by atoms with van der Waals surface area (Å²) in [5.74, 6) is 0. The van der Waals surface area contributed by atoms with Crippen molar-refractivity contribution in [1.29, 1.82) is 5.26 Å². The minimum absolute atomic E-state index is 0.00462. The number of aromatic nitrogens is 2. The Hall–Kier alpha value is -8.05. The molecule has 70 heavy (non-hydrogen) atoms. The van der Waals surface area contributed by atoms with Crippen LogP contribution in [0.15, 0.2) is 170 Å². The molecule has 6 heterocycles. The molecular weight excluding hydrogens is 870 g/mol. The molecule has 0 amide bonds. The molecule has 5 nitrogen and oxygen atoms in total. The number of nitriles is 1. The molecule has 0 unspecified atom stereocenters. The fourth-order valence-corrected chi connectivity index (χ4v) is 13.6. The van der Waals surface area contributed by atoms with Gasteiger partial charge >= 0.3 is 0 Å². The average Bonchev–Trinajstić information content (AvgIpc) is 4.03. The molecule has 0 radical (unpaired) electrons. The fraction of sp³-hybridized carbons (Fsp3) is 0.127. The van der Waals surface area contributed by atoms with Gasteiger partial charge in [-0.05, 0) is 123 Å². The van der Waals surface area contributed by atoms with Crippen molar-refractivity contribution in [1.82, 2.24) is 9.13 Å². The van der Waals surface area contributed by atoms with Gasteiger partial charge in [0.15, 0.2) is 0 Å². The number of hydrogen-bond donors (Lipinski definition) is 0. The van der Waals surface area contributed by atoms with Crippen LogP contribution < -0.4 is 26.2 Å². The smallest absolute Gasteiger partial charge is 0.252 e. The molecule has 9 aromatic carbocycles. The van der Waals surface area contributed by atoms with Crippen LogP contribution in [0.25, 0.3) is 75.2 Å². The zero-order valence-electron chi connectivity index (χ0n) is 39.9. The predicted octanol–water partition coefficient (Wildman–Crippen LogP) is 15.1. The van der Waals surface area contributed by atoms with Gasteiger partial charge in [0.1, 0.15) is 0 Å². The third-order valence-electron chi connectivity index (χ3n) is 15.7. The maximum atomic E-state index is 11.1.